The van der Waals surface area contributed by atoms with Gasteiger partial charge in [0.25, 0.3) is 5.56 Å². The van der Waals surface area contributed by atoms with E-state index in [0.29, 0.717) is 47.9 Å². The Morgan fingerprint density at radius 2 is 1.95 bits per heavy atom. The first-order chi connectivity index (χ1) is 18.3. The van der Waals surface area contributed by atoms with Gasteiger partial charge < -0.3 is 13.9 Å². The summed E-state index contributed by atoms with van der Waals surface area (Å²) in [6.07, 6.45) is 1.66. The number of hydrogen-bond donors (Lipinski definition) is 0. The van der Waals surface area contributed by atoms with Gasteiger partial charge in [0.05, 0.1) is 39.6 Å². The third-order valence-electron chi connectivity index (χ3n) is 6.05. The van der Waals surface area contributed by atoms with Gasteiger partial charge in [-0.3, -0.25) is 9.36 Å². The Morgan fingerprint density at radius 3 is 2.68 bits per heavy atom. The van der Waals surface area contributed by atoms with Gasteiger partial charge in [-0.2, -0.15) is 0 Å². The lowest BCUT2D eigenvalue weighted by atomic mass is 9.95. The molecule has 2 aromatic heterocycles. The van der Waals surface area contributed by atoms with E-state index in [1.54, 1.807) is 63.4 Å². The van der Waals surface area contributed by atoms with Crippen molar-refractivity contribution in [1.82, 2.24) is 4.57 Å². The van der Waals surface area contributed by atoms with Gasteiger partial charge in [-0.05, 0) is 50.2 Å². The molecule has 0 amide bonds. The molecule has 194 valence electrons. The molecule has 0 bridgehead atoms. The van der Waals surface area contributed by atoms with Crippen LogP contribution in [0.25, 0.3) is 17.4 Å². The van der Waals surface area contributed by atoms with Crippen LogP contribution in [0.1, 0.15) is 31.2 Å². The zero-order valence-corrected chi connectivity index (χ0v) is 23.0. The Bertz CT molecular complexity index is 1770. The first-order valence-electron chi connectivity index (χ1n) is 11.7. The SMILES string of the molecule is CCOC(=O)C1=C(C)N=c2s/c(=C\c3ccc(-c4ccc(Cl)c(Cl)c4)o3)c(=O)n2[C@H]1c1ccccc1OC. The minimum absolute atomic E-state index is 0.193. The smallest absolute Gasteiger partial charge is 0.338 e. The Kier molecular flexibility index (Phi) is 7.29. The summed E-state index contributed by atoms with van der Waals surface area (Å²) in [5.41, 5.74) is 1.86. The third kappa shape index (κ3) is 4.71. The minimum atomic E-state index is -0.771. The molecule has 0 fully saturated rings. The fourth-order valence-corrected chi connectivity index (χ4v) is 5.67. The van der Waals surface area contributed by atoms with Gasteiger partial charge in [-0.25, -0.2) is 9.79 Å². The lowest BCUT2D eigenvalue weighted by Gasteiger charge is -2.25. The second-order valence-electron chi connectivity index (χ2n) is 8.38. The highest BCUT2D eigenvalue weighted by molar-refractivity contribution is 7.07. The molecule has 1 aliphatic rings. The molecule has 0 aliphatic carbocycles. The van der Waals surface area contributed by atoms with Crippen LogP contribution in [0.15, 0.2) is 80.1 Å². The van der Waals surface area contributed by atoms with E-state index in [1.807, 2.05) is 18.2 Å². The number of para-hydroxylation sites is 1. The predicted molar refractivity (Wildman–Crippen MR) is 148 cm³/mol. The van der Waals surface area contributed by atoms with E-state index in [4.69, 9.17) is 37.1 Å². The third-order valence-corrected chi connectivity index (χ3v) is 7.78. The fourth-order valence-electron chi connectivity index (χ4n) is 4.34. The number of thiazole rings is 1. The largest absolute Gasteiger partial charge is 0.496 e. The molecule has 1 aliphatic heterocycles. The zero-order valence-electron chi connectivity index (χ0n) is 20.7. The molecule has 0 radical (unpaired) electrons. The van der Waals surface area contributed by atoms with Crippen LogP contribution in [-0.4, -0.2) is 24.3 Å². The minimum Gasteiger partial charge on any atom is -0.496 e. The number of furan rings is 1. The molecule has 38 heavy (non-hydrogen) atoms. The molecule has 7 nitrogen and oxygen atoms in total. The first kappa shape index (κ1) is 26.0. The van der Waals surface area contributed by atoms with Crippen LogP contribution in [0.4, 0.5) is 0 Å². The molecule has 3 heterocycles. The molecule has 0 unspecified atom stereocenters. The van der Waals surface area contributed by atoms with Crippen LogP contribution in [0.5, 0.6) is 5.75 Å². The molecule has 0 spiro atoms. The molecule has 10 heteroatoms. The summed E-state index contributed by atoms with van der Waals surface area (Å²) in [6, 6.07) is 15.3. The van der Waals surface area contributed by atoms with Crippen LogP contribution >= 0.6 is 34.5 Å². The Labute approximate surface area is 231 Å². The van der Waals surface area contributed by atoms with E-state index in [-0.39, 0.29) is 17.7 Å². The van der Waals surface area contributed by atoms with Gasteiger partial charge in [-0.15, -0.1) is 0 Å². The van der Waals surface area contributed by atoms with Gasteiger partial charge in [-0.1, -0.05) is 52.7 Å². The second kappa shape index (κ2) is 10.6. The van der Waals surface area contributed by atoms with Crippen molar-refractivity contribution < 1.29 is 18.7 Å². The van der Waals surface area contributed by atoms with Gasteiger partial charge >= 0.3 is 5.97 Å². The van der Waals surface area contributed by atoms with Crippen LogP contribution in [0, 0.1) is 0 Å². The Hall–Kier alpha value is -3.59. The van der Waals surface area contributed by atoms with E-state index < -0.39 is 12.0 Å². The van der Waals surface area contributed by atoms with Crippen molar-refractivity contribution in [2.45, 2.75) is 19.9 Å². The molecule has 5 rings (SSSR count). The van der Waals surface area contributed by atoms with Crippen molar-refractivity contribution in [2.24, 2.45) is 4.99 Å². The molecule has 4 aromatic rings. The summed E-state index contributed by atoms with van der Waals surface area (Å²) >= 11 is 13.4. The van der Waals surface area contributed by atoms with E-state index in [1.165, 1.54) is 15.9 Å². The van der Waals surface area contributed by atoms with Crippen molar-refractivity contribution in [2.75, 3.05) is 13.7 Å². The van der Waals surface area contributed by atoms with Crippen molar-refractivity contribution in [3.05, 3.63) is 107 Å². The van der Waals surface area contributed by atoms with Crippen molar-refractivity contribution in [3.63, 3.8) is 0 Å². The van der Waals surface area contributed by atoms with Crippen molar-refractivity contribution in [1.29, 1.82) is 0 Å². The lowest BCUT2D eigenvalue weighted by molar-refractivity contribution is -0.139. The number of esters is 1. The van der Waals surface area contributed by atoms with E-state index in [9.17, 15) is 9.59 Å². The van der Waals surface area contributed by atoms with Crippen LogP contribution in [0.2, 0.25) is 10.0 Å². The molecule has 0 N–H and O–H groups in total. The number of carbonyl (C=O) groups is 1. The monoisotopic (exact) mass is 568 g/mol. The average Bonchev–Trinajstić information content (AvgIpc) is 3.49. The molecular weight excluding hydrogens is 547 g/mol. The molecule has 2 aromatic carbocycles. The molecule has 1 atom stereocenters. The summed E-state index contributed by atoms with van der Waals surface area (Å²) in [5.74, 6) is 1.07. The number of rotatable bonds is 6. The van der Waals surface area contributed by atoms with E-state index in [0.717, 1.165) is 5.56 Å². The van der Waals surface area contributed by atoms with Gasteiger partial charge in [0.2, 0.25) is 0 Å². The van der Waals surface area contributed by atoms with Crippen molar-refractivity contribution >= 4 is 46.6 Å². The number of allylic oxidation sites excluding steroid dienone is 1. The molecule has 0 saturated carbocycles. The molecular formula is C28H22Cl2N2O5S. The number of ether oxygens (including phenoxy) is 2. The van der Waals surface area contributed by atoms with Crippen LogP contribution < -0.4 is 19.6 Å². The highest BCUT2D eigenvalue weighted by atomic mass is 35.5. The number of benzene rings is 2. The Balaban J connectivity index is 1.65. The summed E-state index contributed by atoms with van der Waals surface area (Å²) in [4.78, 5) is 31.9. The summed E-state index contributed by atoms with van der Waals surface area (Å²) < 4.78 is 18.8. The maximum absolute atomic E-state index is 13.8. The average molecular weight is 569 g/mol. The lowest BCUT2D eigenvalue weighted by Crippen LogP contribution is -2.40. The summed E-state index contributed by atoms with van der Waals surface area (Å²) in [7, 11) is 1.55. The standard InChI is InChI=1S/C28H22Cl2N2O5S/c1-4-36-27(34)24-15(2)31-28-32(25(24)18-7-5-6-8-22(18)35-3)26(33)23(38-28)14-17-10-12-21(37-17)16-9-11-19(29)20(30)13-16/h5-14,25H,4H2,1-3H3/b23-14-/t25-/m0/s1. The summed E-state index contributed by atoms with van der Waals surface area (Å²) in [5, 5.41) is 0.866. The maximum atomic E-state index is 13.8. The zero-order chi connectivity index (χ0) is 27.0. The number of carbonyl (C=O) groups excluding carboxylic acids is 1. The highest BCUT2D eigenvalue weighted by Crippen LogP contribution is 2.35. The number of nitrogens with zero attached hydrogens (tertiary/aromatic N) is 2. The second-order valence-corrected chi connectivity index (χ2v) is 10.2. The number of methoxy groups -OCH3 is 1. The van der Waals surface area contributed by atoms with Crippen LogP contribution in [-0.2, 0) is 9.53 Å². The Morgan fingerprint density at radius 1 is 1.16 bits per heavy atom. The van der Waals surface area contributed by atoms with Gasteiger partial charge in [0.1, 0.15) is 23.3 Å². The topological polar surface area (TPSA) is 83.0 Å². The highest BCUT2D eigenvalue weighted by Gasteiger charge is 2.35. The normalized spacial score (nSPS) is 15.3. The quantitative estimate of drug-likeness (QED) is 0.292. The summed E-state index contributed by atoms with van der Waals surface area (Å²) in [6.45, 7) is 3.66. The molecule has 0 saturated heterocycles. The van der Waals surface area contributed by atoms with Crippen molar-refractivity contribution in [3.8, 4) is 17.1 Å². The maximum Gasteiger partial charge on any atom is 0.338 e. The number of halogens is 2. The van der Waals surface area contributed by atoms with Gasteiger partial charge in [0, 0.05) is 17.2 Å². The van der Waals surface area contributed by atoms with E-state index >= 15 is 0 Å². The van der Waals surface area contributed by atoms with E-state index in [2.05, 4.69) is 4.99 Å². The number of fused-ring (bicyclic) bond motifs is 1. The predicted octanol–water partition coefficient (Wildman–Crippen LogP) is 5.37. The number of aromatic nitrogens is 1. The fraction of sp³-hybridized carbons (Fsp3) is 0.179. The number of hydrogen-bond acceptors (Lipinski definition) is 7. The van der Waals surface area contributed by atoms with Gasteiger partial charge in [0.15, 0.2) is 4.80 Å². The first-order valence-corrected chi connectivity index (χ1v) is 13.3. The van der Waals surface area contributed by atoms with Crippen LogP contribution in [0.3, 0.4) is 0 Å².